The van der Waals surface area contributed by atoms with Gasteiger partial charge in [-0.3, -0.25) is 14.4 Å². The maximum atomic E-state index is 13.7. The van der Waals surface area contributed by atoms with Crippen molar-refractivity contribution in [2.45, 2.75) is 72.0 Å². The Labute approximate surface area is 252 Å². The number of fused-ring (bicyclic) bond motifs is 3. The number of hydrogen-bond donors (Lipinski definition) is 4. The molecule has 0 fully saturated rings. The Balaban J connectivity index is 2.21. The highest BCUT2D eigenvalue weighted by Crippen LogP contribution is 2.50. The summed E-state index contributed by atoms with van der Waals surface area (Å²) >= 11 is 0. The highest BCUT2D eigenvalue weighted by atomic mass is 16.5. The number of hydrogen-bond acceptors (Lipinski definition) is 8. The van der Waals surface area contributed by atoms with Gasteiger partial charge in [-0.25, -0.2) is 4.79 Å². The van der Waals surface area contributed by atoms with Gasteiger partial charge in [0, 0.05) is 12.5 Å². The van der Waals surface area contributed by atoms with Gasteiger partial charge in [-0.15, -0.1) is 0 Å². The van der Waals surface area contributed by atoms with Crippen LogP contribution in [0.15, 0.2) is 29.1 Å². The quantitative estimate of drug-likeness (QED) is 0.285. The second kappa shape index (κ2) is 14.3. The predicted octanol–water partition coefficient (Wildman–Crippen LogP) is 3.92. The zero-order valence-electron chi connectivity index (χ0n) is 26.1. The first-order valence-electron chi connectivity index (χ1n) is 14.4. The molecular weight excluding hydrogens is 554 g/mol. The largest absolute Gasteiger partial charge is 0.493 e. The number of benzene rings is 1. The summed E-state index contributed by atoms with van der Waals surface area (Å²) in [4.78, 5) is 51.0. The van der Waals surface area contributed by atoms with Crippen LogP contribution in [0.1, 0.15) is 64.6 Å². The molecule has 0 saturated carbocycles. The third-order valence-electron chi connectivity index (χ3n) is 7.50. The molecule has 4 N–H and O–H groups in total. The Bertz CT molecular complexity index is 1420. The Kier molecular flexibility index (Phi) is 11.0. The molecule has 3 atom stereocenters. The van der Waals surface area contributed by atoms with Crippen molar-refractivity contribution in [3.8, 4) is 28.4 Å². The molecule has 0 spiro atoms. The second-order valence-electron chi connectivity index (χ2n) is 11.5. The number of amides is 2. The Morgan fingerprint density at radius 2 is 1.67 bits per heavy atom. The van der Waals surface area contributed by atoms with E-state index in [9.17, 15) is 24.3 Å². The molecule has 2 amide bonds. The number of ether oxygens (including phenoxy) is 3. The topological polar surface area (TPSA) is 152 Å². The Morgan fingerprint density at radius 3 is 2.21 bits per heavy atom. The van der Waals surface area contributed by atoms with Crippen LogP contribution < -0.4 is 35.6 Å². The third kappa shape index (κ3) is 7.57. The molecule has 0 unspecified atom stereocenters. The van der Waals surface area contributed by atoms with Gasteiger partial charge in [0.1, 0.15) is 12.1 Å². The molecule has 1 aliphatic carbocycles. The van der Waals surface area contributed by atoms with Crippen molar-refractivity contribution >= 4 is 23.5 Å². The van der Waals surface area contributed by atoms with Crippen LogP contribution in [0.4, 0.5) is 5.69 Å². The van der Waals surface area contributed by atoms with E-state index in [1.807, 2.05) is 19.9 Å². The van der Waals surface area contributed by atoms with Gasteiger partial charge >= 0.3 is 5.97 Å². The van der Waals surface area contributed by atoms with Gasteiger partial charge in [0.2, 0.25) is 23.0 Å². The molecule has 234 valence electrons. The minimum absolute atomic E-state index is 0.0672. The van der Waals surface area contributed by atoms with E-state index in [0.717, 1.165) is 5.56 Å². The summed E-state index contributed by atoms with van der Waals surface area (Å²) < 4.78 is 17.0. The number of nitrogens with one attached hydrogen (secondary N) is 3. The first-order valence-corrected chi connectivity index (χ1v) is 14.4. The first kappa shape index (κ1) is 33.2. The lowest BCUT2D eigenvalue weighted by atomic mass is 9.95. The third-order valence-corrected chi connectivity index (χ3v) is 7.50. The number of aliphatic carboxylic acids is 1. The van der Waals surface area contributed by atoms with Crippen LogP contribution in [-0.4, -0.2) is 56.3 Å². The molecule has 0 saturated heterocycles. The molecule has 0 aromatic heterocycles. The van der Waals surface area contributed by atoms with E-state index >= 15 is 0 Å². The minimum atomic E-state index is -1.13. The van der Waals surface area contributed by atoms with E-state index in [0.29, 0.717) is 53.2 Å². The number of methoxy groups -OCH3 is 3. The fourth-order valence-electron chi connectivity index (χ4n) is 5.48. The summed E-state index contributed by atoms with van der Waals surface area (Å²) in [5, 5.41) is 18.3. The molecule has 0 bridgehead atoms. The SMILES string of the molecule is COc1cc2c(c(OC)c1OC)-c1ccc(N[C@H](CC(C)C)C(=O)N[C@@H](C(=O)O)C(C)C)c(=O)cc1[C@H](NC(C)=O)CC2. The lowest BCUT2D eigenvalue weighted by molar-refractivity contribution is -0.143. The van der Waals surface area contributed by atoms with Gasteiger partial charge < -0.3 is 35.3 Å². The molecule has 11 heteroatoms. The number of anilines is 1. The van der Waals surface area contributed by atoms with E-state index in [-0.39, 0.29) is 28.9 Å². The highest BCUT2D eigenvalue weighted by Gasteiger charge is 2.31. The van der Waals surface area contributed by atoms with Crippen LogP contribution in [0.25, 0.3) is 11.1 Å². The fraction of sp³-hybridized carbons (Fsp3) is 0.500. The monoisotopic (exact) mass is 597 g/mol. The number of carboxylic acids is 1. The van der Waals surface area contributed by atoms with Crippen molar-refractivity contribution in [1.82, 2.24) is 10.6 Å². The summed E-state index contributed by atoms with van der Waals surface area (Å²) in [6.45, 7) is 8.73. The summed E-state index contributed by atoms with van der Waals surface area (Å²) in [5.41, 5.74) is 2.62. The van der Waals surface area contributed by atoms with Crippen LogP contribution in [0, 0.1) is 11.8 Å². The van der Waals surface area contributed by atoms with E-state index < -0.39 is 30.0 Å². The van der Waals surface area contributed by atoms with Crippen LogP contribution in [-0.2, 0) is 20.8 Å². The van der Waals surface area contributed by atoms with Crippen molar-refractivity contribution in [3.05, 3.63) is 45.6 Å². The Hall–Kier alpha value is -4.28. The van der Waals surface area contributed by atoms with Crippen LogP contribution in [0.5, 0.6) is 17.2 Å². The zero-order chi connectivity index (χ0) is 32.0. The average molecular weight is 598 g/mol. The maximum Gasteiger partial charge on any atom is 0.326 e. The average Bonchev–Trinajstić information content (AvgIpc) is 3.18. The predicted molar refractivity (Wildman–Crippen MR) is 164 cm³/mol. The fourth-order valence-corrected chi connectivity index (χ4v) is 5.48. The van der Waals surface area contributed by atoms with E-state index in [1.165, 1.54) is 27.2 Å². The first-order chi connectivity index (χ1) is 20.3. The van der Waals surface area contributed by atoms with E-state index in [1.54, 1.807) is 33.1 Å². The van der Waals surface area contributed by atoms with Crippen LogP contribution >= 0.6 is 0 Å². The van der Waals surface area contributed by atoms with Crippen molar-refractivity contribution in [1.29, 1.82) is 0 Å². The number of rotatable bonds is 12. The van der Waals surface area contributed by atoms with Gasteiger partial charge in [0.15, 0.2) is 11.5 Å². The van der Waals surface area contributed by atoms with Crippen molar-refractivity contribution in [3.63, 3.8) is 0 Å². The number of aryl methyl sites for hydroxylation is 1. The molecule has 0 aliphatic heterocycles. The summed E-state index contributed by atoms with van der Waals surface area (Å²) in [5.74, 6) is -0.833. The Morgan fingerprint density at radius 1 is 1.00 bits per heavy atom. The summed E-state index contributed by atoms with van der Waals surface area (Å²) in [6, 6.07) is 4.30. The van der Waals surface area contributed by atoms with Crippen LogP contribution in [0.3, 0.4) is 0 Å². The molecule has 2 aromatic carbocycles. The maximum absolute atomic E-state index is 13.7. The minimum Gasteiger partial charge on any atom is -0.493 e. The number of carbonyl (C=O) groups is 3. The standard InChI is InChI=1S/C32H43N3O8/c1-16(2)13-24(31(38)35-28(17(3)4)32(39)40)34-23-12-10-20-21(15-25(23)37)22(33-18(5)36)11-9-19-14-26(41-6)29(42-7)30(43-8)27(19)20/h10,12,14-17,22,24,28H,9,11,13H2,1-8H3,(H,33,36)(H,34,37)(H,35,38)(H,39,40)/t22-,24-,28-/m1/s1. The molecule has 0 heterocycles. The lowest BCUT2D eigenvalue weighted by Gasteiger charge is -2.24. The van der Waals surface area contributed by atoms with E-state index in [4.69, 9.17) is 14.2 Å². The van der Waals surface area contributed by atoms with Gasteiger partial charge in [-0.05, 0) is 66.0 Å². The van der Waals surface area contributed by atoms with Gasteiger partial charge in [0.25, 0.3) is 0 Å². The molecule has 1 aliphatic rings. The van der Waals surface area contributed by atoms with Gasteiger partial charge in [-0.1, -0.05) is 33.8 Å². The van der Waals surface area contributed by atoms with Crippen molar-refractivity contribution in [2.75, 3.05) is 26.6 Å². The zero-order valence-corrected chi connectivity index (χ0v) is 26.1. The molecule has 2 aromatic rings. The second-order valence-corrected chi connectivity index (χ2v) is 11.5. The molecule has 11 nitrogen and oxygen atoms in total. The number of carbonyl (C=O) groups excluding carboxylic acids is 2. The van der Waals surface area contributed by atoms with Crippen LogP contribution in [0.2, 0.25) is 0 Å². The van der Waals surface area contributed by atoms with Gasteiger partial charge in [-0.2, -0.15) is 0 Å². The van der Waals surface area contributed by atoms with Gasteiger partial charge in [0.05, 0.1) is 33.1 Å². The smallest absolute Gasteiger partial charge is 0.326 e. The highest BCUT2D eigenvalue weighted by molar-refractivity contribution is 5.89. The van der Waals surface area contributed by atoms with Crippen molar-refractivity contribution < 1.29 is 33.7 Å². The molecule has 43 heavy (non-hydrogen) atoms. The normalized spacial score (nSPS) is 15.3. The molecule has 3 rings (SSSR count). The van der Waals surface area contributed by atoms with Crippen molar-refractivity contribution in [2.24, 2.45) is 11.8 Å². The summed E-state index contributed by atoms with van der Waals surface area (Å²) in [6.07, 6.45) is 1.43. The number of carboxylic acid groups (broad SMARTS) is 1. The summed E-state index contributed by atoms with van der Waals surface area (Å²) in [7, 11) is 4.58. The molecular formula is C32H43N3O8. The van der Waals surface area contributed by atoms with E-state index in [2.05, 4.69) is 16.0 Å². The molecule has 0 radical (unpaired) electrons. The lowest BCUT2D eigenvalue weighted by Crippen LogP contribution is -2.50.